The van der Waals surface area contributed by atoms with E-state index in [1.54, 1.807) is 30.3 Å². The molecule has 0 amide bonds. The van der Waals surface area contributed by atoms with Crippen LogP contribution in [0.3, 0.4) is 0 Å². The summed E-state index contributed by atoms with van der Waals surface area (Å²) in [5.74, 6) is -2.95. The number of hydrogen-bond acceptors (Lipinski definition) is 12. The average Bonchev–Trinajstić information content (AvgIpc) is 2.94. The van der Waals surface area contributed by atoms with Gasteiger partial charge in [0.25, 0.3) is 0 Å². The zero-order chi connectivity index (χ0) is 29.8. The van der Waals surface area contributed by atoms with Crippen molar-refractivity contribution in [2.75, 3.05) is 0 Å². The van der Waals surface area contributed by atoms with E-state index in [-0.39, 0.29) is 6.42 Å². The summed E-state index contributed by atoms with van der Waals surface area (Å²) in [6.07, 6.45) is -16.4. The predicted octanol–water partition coefficient (Wildman–Crippen LogP) is -1.23. The number of rotatable bonds is 10. The Morgan fingerprint density at radius 2 is 1.41 bits per heavy atom. The summed E-state index contributed by atoms with van der Waals surface area (Å²) in [7, 11) is 0. The fourth-order valence-corrected chi connectivity index (χ4v) is 5.37. The van der Waals surface area contributed by atoms with Crippen LogP contribution in [0, 0.1) is 0 Å². The predicted molar refractivity (Wildman–Crippen MR) is 135 cm³/mol. The first kappa shape index (κ1) is 31.7. The van der Waals surface area contributed by atoms with Gasteiger partial charge in [-0.1, -0.05) is 43.2 Å². The number of carbonyl (C=O) groups is 2. The quantitative estimate of drug-likeness (QED) is 0.171. The maximum Gasteiger partial charge on any atom is 0.335 e. The van der Waals surface area contributed by atoms with Crippen molar-refractivity contribution in [2.24, 2.45) is 0 Å². The van der Waals surface area contributed by atoms with Crippen molar-refractivity contribution in [1.29, 1.82) is 0 Å². The van der Waals surface area contributed by atoms with Crippen LogP contribution >= 0.6 is 0 Å². The van der Waals surface area contributed by atoms with Crippen LogP contribution in [0.15, 0.2) is 30.3 Å². The summed E-state index contributed by atoms with van der Waals surface area (Å²) in [6.45, 7) is 1.51. The molecule has 3 aliphatic rings. The summed E-state index contributed by atoms with van der Waals surface area (Å²) < 4.78 is 28.5. The normalized spacial score (nSPS) is 40.5. The molecule has 2 aliphatic heterocycles. The molecule has 13 atom stereocenters. The summed E-state index contributed by atoms with van der Waals surface area (Å²) in [6, 6.07) is 8.53. The zero-order valence-corrected chi connectivity index (χ0v) is 22.4. The van der Waals surface area contributed by atoms with Gasteiger partial charge in [-0.15, -0.1) is 0 Å². The van der Waals surface area contributed by atoms with Crippen LogP contribution in [0.4, 0.5) is 0 Å². The number of ether oxygens (including phenoxy) is 5. The number of aliphatic hydroxyl groups excluding tert-OH is 5. The highest BCUT2D eigenvalue weighted by molar-refractivity contribution is 5.74. The first-order valence-corrected chi connectivity index (χ1v) is 13.6. The fraction of sp³-hybridized carbons (Fsp3) is 0.704. The molecular formula is C27H38O14. The minimum absolute atomic E-state index is 0.114. The summed E-state index contributed by atoms with van der Waals surface area (Å²) in [5, 5.41) is 71.7. The standard InChI is InChI=1S/C27H38O14/c1-12-17(28)18(29)19(30)26(37-12)39-14-9-5-6-10-15(14)40-27-21(32)22(20(31)23(41-27)25(35)36)38-16(24(33)34)11-13-7-3-2-4-8-13/h2-4,7-8,12,14-23,26-32H,5-6,9-11H2,1H3,(H,33,34)(H,35,36)/t12-,14+,15+,16-,17+,18-,19-,20+,21-,22-,23+,26-,27+/m0/s1. The van der Waals surface area contributed by atoms with Crippen LogP contribution in [-0.2, 0) is 39.7 Å². The van der Waals surface area contributed by atoms with Gasteiger partial charge in [-0.05, 0) is 25.3 Å². The monoisotopic (exact) mass is 586 g/mol. The van der Waals surface area contributed by atoms with E-state index in [1.165, 1.54) is 6.92 Å². The highest BCUT2D eigenvalue weighted by atomic mass is 16.7. The van der Waals surface area contributed by atoms with Crippen molar-refractivity contribution >= 4 is 11.9 Å². The van der Waals surface area contributed by atoms with Crippen LogP contribution in [-0.4, -0.2) is 127 Å². The van der Waals surface area contributed by atoms with E-state index in [0.29, 0.717) is 31.2 Å². The van der Waals surface area contributed by atoms with Gasteiger partial charge in [0.2, 0.25) is 0 Å². The molecular weight excluding hydrogens is 548 g/mol. The number of benzene rings is 1. The number of carboxylic acids is 2. The molecule has 1 aliphatic carbocycles. The molecule has 3 fully saturated rings. The molecule has 0 spiro atoms. The highest BCUT2D eigenvalue weighted by Gasteiger charge is 2.52. The third-order valence-electron chi connectivity index (χ3n) is 7.72. The number of aliphatic carboxylic acids is 2. The molecule has 4 rings (SSSR count). The van der Waals surface area contributed by atoms with Gasteiger partial charge in [-0.25, -0.2) is 9.59 Å². The minimum atomic E-state index is -1.92. The second-order valence-corrected chi connectivity index (χ2v) is 10.7. The van der Waals surface area contributed by atoms with Crippen molar-refractivity contribution in [3.8, 4) is 0 Å². The molecule has 7 N–H and O–H groups in total. The lowest BCUT2D eigenvalue weighted by molar-refractivity contribution is -0.341. The highest BCUT2D eigenvalue weighted by Crippen LogP contribution is 2.33. The molecule has 2 saturated heterocycles. The fourth-order valence-electron chi connectivity index (χ4n) is 5.37. The molecule has 1 aromatic rings. The van der Waals surface area contributed by atoms with Crippen molar-refractivity contribution in [2.45, 2.75) is 119 Å². The Bertz CT molecular complexity index is 1010. The first-order valence-electron chi connectivity index (χ1n) is 13.6. The van der Waals surface area contributed by atoms with Crippen molar-refractivity contribution in [1.82, 2.24) is 0 Å². The Morgan fingerprint density at radius 3 is 1.98 bits per heavy atom. The van der Waals surface area contributed by atoms with Crippen LogP contribution in [0.5, 0.6) is 0 Å². The molecule has 2 heterocycles. The van der Waals surface area contributed by atoms with E-state index < -0.39 is 91.7 Å². The lowest BCUT2D eigenvalue weighted by Gasteiger charge is -2.45. The van der Waals surface area contributed by atoms with Gasteiger partial charge in [0, 0.05) is 6.42 Å². The number of aliphatic hydroxyl groups is 5. The molecule has 0 bridgehead atoms. The van der Waals surface area contributed by atoms with Crippen LogP contribution in [0.25, 0.3) is 0 Å². The van der Waals surface area contributed by atoms with E-state index >= 15 is 0 Å². The Labute approximate surface area is 236 Å². The Balaban J connectivity index is 1.49. The molecule has 0 aromatic heterocycles. The largest absolute Gasteiger partial charge is 0.479 e. The number of carboxylic acid groups (broad SMARTS) is 2. The van der Waals surface area contributed by atoms with Crippen molar-refractivity contribution in [3.63, 3.8) is 0 Å². The second-order valence-electron chi connectivity index (χ2n) is 10.7. The summed E-state index contributed by atoms with van der Waals surface area (Å²) >= 11 is 0. The van der Waals surface area contributed by atoms with Gasteiger partial charge >= 0.3 is 11.9 Å². The molecule has 0 unspecified atom stereocenters. The molecule has 1 aromatic carbocycles. The molecule has 0 radical (unpaired) electrons. The Hall–Kier alpha value is -2.24. The molecule has 41 heavy (non-hydrogen) atoms. The Morgan fingerprint density at radius 1 is 0.829 bits per heavy atom. The van der Waals surface area contributed by atoms with E-state index in [1.807, 2.05) is 0 Å². The lowest BCUT2D eigenvalue weighted by Crippen LogP contribution is -2.63. The first-order chi connectivity index (χ1) is 19.5. The van der Waals surface area contributed by atoms with Gasteiger partial charge in [-0.3, -0.25) is 0 Å². The van der Waals surface area contributed by atoms with E-state index in [4.69, 9.17) is 23.7 Å². The maximum atomic E-state index is 12.0. The summed E-state index contributed by atoms with van der Waals surface area (Å²) in [4.78, 5) is 23.9. The second kappa shape index (κ2) is 13.8. The molecule has 14 heteroatoms. The zero-order valence-electron chi connectivity index (χ0n) is 22.4. The summed E-state index contributed by atoms with van der Waals surface area (Å²) in [5.41, 5.74) is 0.611. The third-order valence-corrected chi connectivity index (χ3v) is 7.72. The van der Waals surface area contributed by atoms with Gasteiger partial charge in [0.15, 0.2) is 24.8 Å². The van der Waals surface area contributed by atoms with E-state index in [9.17, 15) is 45.3 Å². The SMILES string of the molecule is C[C@@H]1O[C@@H](O[C@@H]2CCCC[C@H]2O[C@@H]2O[C@@H](C(=O)O)[C@H](O)[C@H](O[C@@H](Cc3ccccc3)C(=O)O)[C@@H]2O)[C@@H](O)[C@@H](O)[C@@H]1O. The van der Waals surface area contributed by atoms with Crippen LogP contribution in [0.1, 0.15) is 38.2 Å². The molecule has 14 nitrogen and oxygen atoms in total. The number of hydrogen-bond donors (Lipinski definition) is 7. The van der Waals surface area contributed by atoms with Gasteiger partial charge in [0.05, 0.1) is 18.3 Å². The topological polar surface area (TPSA) is 222 Å². The van der Waals surface area contributed by atoms with Crippen molar-refractivity contribution < 1.29 is 69.0 Å². The average molecular weight is 587 g/mol. The lowest BCUT2D eigenvalue weighted by atomic mass is 9.93. The minimum Gasteiger partial charge on any atom is -0.479 e. The van der Waals surface area contributed by atoms with Crippen molar-refractivity contribution in [3.05, 3.63) is 35.9 Å². The molecule has 230 valence electrons. The maximum absolute atomic E-state index is 12.0. The third kappa shape index (κ3) is 7.40. The van der Waals surface area contributed by atoms with Crippen LogP contribution in [0.2, 0.25) is 0 Å². The smallest absolute Gasteiger partial charge is 0.335 e. The Kier molecular flexibility index (Phi) is 10.7. The van der Waals surface area contributed by atoms with E-state index in [0.717, 1.165) is 0 Å². The molecule has 1 saturated carbocycles. The van der Waals surface area contributed by atoms with E-state index in [2.05, 4.69) is 0 Å². The van der Waals surface area contributed by atoms with Gasteiger partial charge < -0.3 is 59.4 Å². The van der Waals surface area contributed by atoms with Gasteiger partial charge in [-0.2, -0.15) is 0 Å². The van der Waals surface area contributed by atoms with Gasteiger partial charge in [0.1, 0.15) is 36.6 Å². The van der Waals surface area contributed by atoms with Crippen LogP contribution < -0.4 is 0 Å².